The Kier molecular flexibility index (Phi) is 9.14. The molecule has 0 saturated carbocycles. The summed E-state index contributed by atoms with van der Waals surface area (Å²) < 4.78 is 4.95. The zero-order chi connectivity index (χ0) is 29.3. The van der Waals surface area contributed by atoms with Gasteiger partial charge in [-0.15, -0.1) is 0 Å². The van der Waals surface area contributed by atoms with E-state index in [0.29, 0.717) is 34.8 Å². The molecule has 4 heteroatoms. The van der Waals surface area contributed by atoms with Gasteiger partial charge < -0.3 is 0 Å². The van der Waals surface area contributed by atoms with Crippen molar-refractivity contribution in [1.29, 1.82) is 0 Å². The van der Waals surface area contributed by atoms with Crippen LogP contribution in [-0.4, -0.2) is 21.7 Å². The van der Waals surface area contributed by atoms with E-state index >= 15 is 0 Å². The maximum atomic E-state index is 14.3. The predicted molar refractivity (Wildman–Crippen MR) is 173 cm³/mol. The van der Waals surface area contributed by atoms with Gasteiger partial charge in [0.1, 0.15) is 0 Å². The summed E-state index contributed by atoms with van der Waals surface area (Å²) in [5.41, 5.74) is 11.0. The fourth-order valence-corrected chi connectivity index (χ4v) is 8.60. The number of Topliss-reactive ketones (excluding diaryl/α,β-unsaturated/α-hetero) is 1. The Bertz CT molecular complexity index is 1380. The third-order valence-corrected chi connectivity index (χ3v) is 10.9. The molecule has 3 aromatic carbocycles. The van der Waals surface area contributed by atoms with E-state index in [-0.39, 0.29) is 5.78 Å². The number of anilines is 2. The van der Waals surface area contributed by atoms with Crippen LogP contribution in [0.3, 0.4) is 0 Å². The van der Waals surface area contributed by atoms with Crippen LogP contribution in [0.25, 0.3) is 0 Å². The second-order valence-electron chi connectivity index (χ2n) is 12.1. The molecule has 208 valence electrons. The molecule has 1 aliphatic rings. The van der Waals surface area contributed by atoms with Gasteiger partial charge in [-0.3, -0.25) is 0 Å². The molecule has 40 heavy (non-hydrogen) atoms. The zero-order valence-electron chi connectivity index (χ0n) is 25.7. The Hall–Kier alpha value is -3.05. The molecule has 2 radical (unpaired) electrons. The molecule has 0 bridgehead atoms. The normalized spacial score (nSPS) is 14.4. The van der Waals surface area contributed by atoms with Crippen molar-refractivity contribution in [3.63, 3.8) is 0 Å². The molecule has 0 saturated heterocycles. The van der Waals surface area contributed by atoms with Crippen molar-refractivity contribution >= 4 is 33.0 Å². The van der Waals surface area contributed by atoms with Gasteiger partial charge in [0, 0.05) is 0 Å². The predicted octanol–water partition coefficient (Wildman–Crippen LogP) is 9.71. The molecule has 0 aliphatic carbocycles. The van der Waals surface area contributed by atoms with Gasteiger partial charge in [-0.2, -0.15) is 0 Å². The van der Waals surface area contributed by atoms with Crippen LogP contribution in [-0.2, 0) is 0 Å². The monoisotopic (exact) mass is 594 g/mol. The van der Waals surface area contributed by atoms with Crippen LogP contribution in [0, 0.1) is 0 Å². The zero-order valence-corrected chi connectivity index (χ0v) is 27.8. The van der Waals surface area contributed by atoms with Gasteiger partial charge >= 0.3 is 250 Å². The van der Waals surface area contributed by atoms with Gasteiger partial charge in [0.25, 0.3) is 0 Å². The first kappa shape index (κ1) is 29.9. The molecule has 0 unspecified atom stereocenters. The van der Waals surface area contributed by atoms with Crippen molar-refractivity contribution in [2.24, 2.45) is 0 Å². The van der Waals surface area contributed by atoms with Crippen LogP contribution in [0.15, 0.2) is 90.3 Å². The molecular formula is C36H44GeN2O. The second kappa shape index (κ2) is 12.2. The van der Waals surface area contributed by atoms with E-state index < -0.39 is 15.9 Å². The van der Waals surface area contributed by atoms with Crippen LogP contribution in [0.4, 0.5) is 11.4 Å². The van der Waals surface area contributed by atoms with Crippen molar-refractivity contribution < 1.29 is 4.79 Å². The standard InChI is InChI=1S/C36H44GeN2O/c1-22(2)29-18-14-19-30(23(3)4)34(29)38-26(9)33(36(40)28-16-12-11-13-17-28)27(10)39(37-38)35-31(24(5)6)20-15-21-32(35)25(7)8/h11-25H,9H2,1-8,10H3. The van der Waals surface area contributed by atoms with Crippen molar-refractivity contribution in [3.05, 3.63) is 118 Å². The topological polar surface area (TPSA) is 23.6 Å². The number of carbonyl (C=O) groups excluding carboxylic acids is 1. The fraction of sp³-hybridized carbons (Fsp3) is 0.361. The Morgan fingerprint density at radius 3 is 1.43 bits per heavy atom. The number of rotatable bonds is 8. The summed E-state index contributed by atoms with van der Waals surface area (Å²) in [5, 5.41) is 0. The van der Waals surface area contributed by atoms with E-state index in [0.717, 1.165) is 11.4 Å². The molecule has 0 spiro atoms. The van der Waals surface area contributed by atoms with Crippen LogP contribution in [0.5, 0.6) is 0 Å². The summed E-state index contributed by atoms with van der Waals surface area (Å²) in [7, 11) is 0. The van der Waals surface area contributed by atoms with E-state index in [2.05, 4.69) is 113 Å². The third-order valence-electron chi connectivity index (χ3n) is 7.85. The van der Waals surface area contributed by atoms with Gasteiger partial charge in [-0.05, 0) is 0 Å². The first-order chi connectivity index (χ1) is 19.0. The number of hydrogen-bond donors (Lipinski definition) is 0. The minimum absolute atomic E-state index is 0.0330. The number of allylic oxidation sites excluding steroid dienone is 2. The fourth-order valence-electron chi connectivity index (χ4n) is 5.64. The Balaban J connectivity index is 2.06. The van der Waals surface area contributed by atoms with Crippen LogP contribution in [0.2, 0.25) is 0 Å². The van der Waals surface area contributed by atoms with E-state index in [4.69, 9.17) is 0 Å². The Morgan fingerprint density at radius 2 is 1.02 bits per heavy atom. The molecule has 1 heterocycles. The first-order valence-electron chi connectivity index (χ1n) is 14.6. The molecule has 0 aromatic heterocycles. The van der Waals surface area contributed by atoms with Gasteiger partial charge in [0.2, 0.25) is 0 Å². The summed E-state index contributed by atoms with van der Waals surface area (Å²) in [4.78, 5) is 14.3. The van der Waals surface area contributed by atoms with Gasteiger partial charge in [0.05, 0.1) is 0 Å². The number of ketones is 1. The molecule has 3 aromatic rings. The summed E-state index contributed by atoms with van der Waals surface area (Å²) in [6.45, 7) is 24.9. The molecule has 0 atom stereocenters. The molecular weight excluding hydrogens is 549 g/mol. The summed E-state index contributed by atoms with van der Waals surface area (Å²) in [6, 6.07) is 23.1. The Labute approximate surface area is 248 Å². The van der Waals surface area contributed by atoms with Crippen LogP contribution >= 0.6 is 0 Å². The molecule has 4 rings (SSSR count). The summed E-state index contributed by atoms with van der Waals surface area (Å²) >= 11 is -0.980. The maximum absolute atomic E-state index is 14.3. The number of nitrogens with zero attached hydrogens (tertiary/aromatic N) is 2. The second-order valence-corrected chi connectivity index (χ2v) is 14.4. The van der Waals surface area contributed by atoms with Gasteiger partial charge in [-0.25, -0.2) is 0 Å². The summed E-state index contributed by atoms with van der Waals surface area (Å²) in [6.07, 6.45) is 0. The average molecular weight is 593 g/mol. The van der Waals surface area contributed by atoms with Crippen molar-refractivity contribution in [1.82, 2.24) is 0 Å². The van der Waals surface area contributed by atoms with Crippen molar-refractivity contribution in [3.8, 4) is 0 Å². The first-order valence-corrected chi connectivity index (χ1v) is 16.4. The van der Waals surface area contributed by atoms with E-state index in [1.54, 1.807) is 0 Å². The molecule has 1 aliphatic heterocycles. The quantitative estimate of drug-likeness (QED) is 0.192. The van der Waals surface area contributed by atoms with Crippen molar-refractivity contribution in [2.45, 2.75) is 86.0 Å². The number of para-hydroxylation sites is 2. The average Bonchev–Trinajstić information content (AvgIpc) is 2.92. The Morgan fingerprint density at radius 1 is 0.625 bits per heavy atom. The van der Waals surface area contributed by atoms with E-state index in [1.807, 2.05) is 30.3 Å². The molecule has 3 nitrogen and oxygen atoms in total. The third kappa shape index (κ3) is 5.58. The SMILES string of the molecule is C=C1C(C(=O)c2ccccc2)=C(C)[N](c2c(C(C)C)cccc2C(C)C)[Ge][N]1c1c(C(C)C)cccc1C(C)C. The number of hydrogen-bond acceptors (Lipinski definition) is 3. The van der Waals surface area contributed by atoms with E-state index in [1.165, 1.54) is 33.6 Å². The van der Waals surface area contributed by atoms with Crippen molar-refractivity contribution in [2.75, 3.05) is 7.71 Å². The molecule has 0 fully saturated rings. The van der Waals surface area contributed by atoms with Crippen LogP contribution in [0.1, 0.15) is 119 Å². The van der Waals surface area contributed by atoms with Gasteiger partial charge in [0.15, 0.2) is 0 Å². The van der Waals surface area contributed by atoms with Gasteiger partial charge in [-0.1, -0.05) is 0 Å². The van der Waals surface area contributed by atoms with E-state index in [9.17, 15) is 4.79 Å². The number of carbonyl (C=O) groups is 1. The molecule has 0 amide bonds. The molecule has 0 N–H and O–H groups in total. The number of benzene rings is 3. The summed E-state index contributed by atoms with van der Waals surface area (Å²) in [5.74, 6) is 1.43. The minimum atomic E-state index is -0.980. The van der Waals surface area contributed by atoms with Crippen LogP contribution < -0.4 is 7.71 Å².